The molecular weight excluding hydrogens is 560 g/mol. The van der Waals surface area contributed by atoms with Crippen molar-refractivity contribution in [2.45, 2.75) is 72.0 Å². The third-order valence-electron chi connectivity index (χ3n) is 6.90. The summed E-state index contributed by atoms with van der Waals surface area (Å²) in [6, 6.07) is 13.0. The molecule has 2 aliphatic heterocycles. The molecule has 0 atom stereocenters. The van der Waals surface area contributed by atoms with E-state index in [2.05, 4.69) is 0 Å². The van der Waals surface area contributed by atoms with Gasteiger partial charge in [-0.2, -0.15) is 4.90 Å². The van der Waals surface area contributed by atoms with Crippen molar-refractivity contribution in [2.24, 2.45) is 4.99 Å². The van der Waals surface area contributed by atoms with Crippen molar-refractivity contribution in [2.75, 3.05) is 27.2 Å². The highest BCUT2D eigenvalue weighted by Crippen LogP contribution is 2.33. The molecular formula is C34H42N4O6. The maximum absolute atomic E-state index is 13.4. The Morgan fingerprint density at radius 3 is 1.86 bits per heavy atom. The lowest BCUT2D eigenvalue weighted by Crippen LogP contribution is -2.47. The normalized spacial score (nSPS) is 15.0. The van der Waals surface area contributed by atoms with Gasteiger partial charge < -0.3 is 19.3 Å². The quantitative estimate of drug-likeness (QED) is 0.388. The van der Waals surface area contributed by atoms with Gasteiger partial charge in [0.2, 0.25) is 5.91 Å². The van der Waals surface area contributed by atoms with E-state index in [1.165, 1.54) is 4.90 Å². The summed E-state index contributed by atoms with van der Waals surface area (Å²) in [6.07, 6.45) is 1.76. The molecule has 1 fully saturated rings. The second kappa shape index (κ2) is 12.6. The number of carbonyl (C=O) groups is 4. The summed E-state index contributed by atoms with van der Waals surface area (Å²) in [5.41, 5.74) is 2.00. The monoisotopic (exact) mass is 602 g/mol. The van der Waals surface area contributed by atoms with Gasteiger partial charge >= 0.3 is 12.2 Å². The lowest BCUT2D eigenvalue weighted by atomic mass is 9.99. The molecule has 44 heavy (non-hydrogen) atoms. The molecule has 10 nitrogen and oxygen atoms in total. The number of carbonyl (C=O) groups excluding carboxylic acids is 4. The summed E-state index contributed by atoms with van der Waals surface area (Å²) in [4.78, 5) is 61.7. The molecule has 0 saturated carbocycles. The van der Waals surface area contributed by atoms with Crippen LogP contribution in [0.3, 0.4) is 0 Å². The van der Waals surface area contributed by atoms with E-state index < -0.39 is 23.4 Å². The van der Waals surface area contributed by atoms with Crippen molar-refractivity contribution in [3.63, 3.8) is 0 Å². The number of fused-ring (bicyclic) bond motifs is 1. The van der Waals surface area contributed by atoms with Gasteiger partial charge in [0, 0.05) is 50.3 Å². The molecule has 0 bridgehead atoms. The van der Waals surface area contributed by atoms with Crippen LogP contribution in [0.5, 0.6) is 0 Å². The average Bonchev–Trinajstić information content (AvgIpc) is 3.39. The summed E-state index contributed by atoms with van der Waals surface area (Å²) >= 11 is 0. The fourth-order valence-electron chi connectivity index (χ4n) is 4.90. The number of amides is 4. The Hall–Kier alpha value is -4.47. The number of likely N-dealkylation sites (N-methyl/N-ethyl adjacent to an activating group) is 1. The maximum Gasteiger partial charge on any atom is 0.425 e. The summed E-state index contributed by atoms with van der Waals surface area (Å²) in [7, 11) is 3.26. The molecule has 0 radical (unpaired) electrons. The highest BCUT2D eigenvalue weighted by molar-refractivity contribution is 6.14. The lowest BCUT2D eigenvalue weighted by molar-refractivity contribution is -0.124. The molecule has 1 saturated heterocycles. The molecule has 2 heterocycles. The Labute approximate surface area is 259 Å². The number of likely N-dealkylation sites (tertiary alicyclic amines) is 1. The van der Waals surface area contributed by atoms with Crippen LogP contribution in [0.4, 0.5) is 15.3 Å². The molecule has 0 N–H and O–H groups in total. The Morgan fingerprint density at radius 1 is 0.795 bits per heavy atom. The van der Waals surface area contributed by atoms with Gasteiger partial charge in [-0.05, 0) is 95.9 Å². The molecule has 0 aromatic heterocycles. The SMILES string of the molecule is CN(C)C(=O)C1=Cc2cc(-c3ccc(C(=O)N4CCCC4)cc3)ccc2N=C(N(C(=O)OC(C)(C)C)C(=O)OC(C)(C)C)C1. The standard InChI is InChI=1S/C34H42N4O6/c1-33(2,3)43-31(41)38(32(42)44-34(4,5)6)28-21-26(29(39)36(7)8)20-25-19-24(15-16-27(25)35-28)22-11-13-23(14-12-22)30(40)37-17-9-10-18-37/h11-16,19-20H,9-10,17-18,21H2,1-8H3. The van der Waals surface area contributed by atoms with E-state index in [4.69, 9.17) is 14.5 Å². The van der Waals surface area contributed by atoms with Crippen LogP contribution in [0.1, 0.15) is 76.7 Å². The Morgan fingerprint density at radius 2 is 1.34 bits per heavy atom. The average molecular weight is 603 g/mol. The third kappa shape index (κ3) is 7.92. The number of hydrogen-bond acceptors (Lipinski definition) is 7. The molecule has 10 heteroatoms. The molecule has 0 aliphatic carbocycles. The lowest BCUT2D eigenvalue weighted by Gasteiger charge is -2.29. The summed E-state index contributed by atoms with van der Waals surface area (Å²) in [5, 5.41) is 0. The van der Waals surface area contributed by atoms with Crippen molar-refractivity contribution in [3.8, 4) is 11.1 Å². The Balaban J connectivity index is 1.76. The van der Waals surface area contributed by atoms with Gasteiger partial charge in [0.25, 0.3) is 5.91 Å². The number of nitrogens with zero attached hydrogens (tertiary/aromatic N) is 4. The van der Waals surface area contributed by atoms with Crippen LogP contribution < -0.4 is 0 Å². The predicted octanol–water partition coefficient (Wildman–Crippen LogP) is 6.67. The number of amidine groups is 1. The van der Waals surface area contributed by atoms with Gasteiger partial charge in [-0.25, -0.2) is 14.6 Å². The minimum Gasteiger partial charge on any atom is -0.443 e. The van der Waals surface area contributed by atoms with Crippen molar-refractivity contribution < 1.29 is 28.7 Å². The third-order valence-corrected chi connectivity index (χ3v) is 6.90. The largest absolute Gasteiger partial charge is 0.443 e. The van der Waals surface area contributed by atoms with Gasteiger partial charge in [0.15, 0.2) is 0 Å². The van der Waals surface area contributed by atoms with Gasteiger partial charge in [-0.1, -0.05) is 18.2 Å². The number of rotatable bonds is 3. The number of benzene rings is 2. The summed E-state index contributed by atoms with van der Waals surface area (Å²) in [5.74, 6) is -0.257. The van der Waals surface area contributed by atoms with E-state index in [1.54, 1.807) is 67.8 Å². The first-order valence-corrected chi connectivity index (χ1v) is 14.8. The summed E-state index contributed by atoms with van der Waals surface area (Å²) in [6.45, 7) is 11.7. The van der Waals surface area contributed by atoms with Crippen molar-refractivity contribution in [3.05, 3.63) is 59.2 Å². The molecule has 2 aromatic carbocycles. The second-order valence-electron chi connectivity index (χ2n) is 13.2. The van der Waals surface area contributed by atoms with Crippen molar-refractivity contribution in [1.82, 2.24) is 14.7 Å². The van der Waals surface area contributed by atoms with E-state index >= 15 is 0 Å². The van der Waals surface area contributed by atoms with Crippen LogP contribution in [-0.2, 0) is 14.3 Å². The van der Waals surface area contributed by atoms with Crippen LogP contribution >= 0.6 is 0 Å². The van der Waals surface area contributed by atoms with Crippen LogP contribution in [0.15, 0.2) is 53.0 Å². The topological polar surface area (TPSA) is 109 Å². The molecule has 2 aromatic rings. The molecule has 234 valence electrons. The highest BCUT2D eigenvalue weighted by Gasteiger charge is 2.37. The maximum atomic E-state index is 13.4. The Kier molecular flexibility index (Phi) is 9.32. The van der Waals surface area contributed by atoms with Crippen LogP contribution in [0, 0.1) is 0 Å². The van der Waals surface area contributed by atoms with E-state index in [0.29, 0.717) is 22.4 Å². The van der Waals surface area contributed by atoms with Crippen LogP contribution in [0.25, 0.3) is 17.2 Å². The van der Waals surface area contributed by atoms with E-state index in [9.17, 15) is 19.2 Å². The van der Waals surface area contributed by atoms with E-state index in [0.717, 1.165) is 42.0 Å². The minimum atomic E-state index is -0.953. The predicted molar refractivity (Wildman–Crippen MR) is 170 cm³/mol. The van der Waals surface area contributed by atoms with Crippen molar-refractivity contribution in [1.29, 1.82) is 0 Å². The van der Waals surface area contributed by atoms with Gasteiger partial charge in [0.1, 0.15) is 17.0 Å². The number of hydrogen-bond donors (Lipinski definition) is 0. The number of aliphatic imine (C=N–C) groups is 1. The first-order chi connectivity index (χ1) is 20.5. The number of imide groups is 1. The minimum absolute atomic E-state index is 0.00577. The van der Waals surface area contributed by atoms with Gasteiger partial charge in [-0.15, -0.1) is 0 Å². The Bertz CT molecular complexity index is 1480. The fraction of sp³-hybridized carbons (Fsp3) is 0.441. The van der Waals surface area contributed by atoms with Gasteiger partial charge in [0.05, 0.1) is 5.69 Å². The zero-order chi connectivity index (χ0) is 32.4. The first kappa shape index (κ1) is 32.4. The fourth-order valence-corrected chi connectivity index (χ4v) is 4.90. The van der Waals surface area contributed by atoms with Crippen LogP contribution in [0.2, 0.25) is 0 Å². The molecule has 0 unspecified atom stereocenters. The number of ether oxygens (including phenoxy) is 2. The molecule has 4 amide bonds. The van der Waals surface area contributed by atoms with E-state index in [-0.39, 0.29) is 24.1 Å². The van der Waals surface area contributed by atoms with E-state index in [1.807, 2.05) is 41.3 Å². The second-order valence-corrected chi connectivity index (χ2v) is 13.2. The molecule has 0 spiro atoms. The zero-order valence-corrected chi connectivity index (χ0v) is 26.9. The van der Waals surface area contributed by atoms with Crippen molar-refractivity contribution >= 4 is 41.6 Å². The first-order valence-electron chi connectivity index (χ1n) is 14.8. The van der Waals surface area contributed by atoms with Gasteiger partial charge in [-0.3, -0.25) is 9.59 Å². The van der Waals surface area contributed by atoms with Crippen LogP contribution in [-0.4, -0.2) is 82.9 Å². The molecule has 4 rings (SSSR count). The summed E-state index contributed by atoms with van der Waals surface area (Å²) < 4.78 is 11.1. The molecule has 2 aliphatic rings. The smallest absolute Gasteiger partial charge is 0.425 e. The highest BCUT2D eigenvalue weighted by atomic mass is 16.6. The zero-order valence-electron chi connectivity index (χ0n) is 26.9.